The number of rotatable bonds is 1. The third kappa shape index (κ3) is 1.46. The molecule has 5 rings (SSSR count). The van der Waals surface area contributed by atoms with Crippen LogP contribution in [0.15, 0.2) is 61.2 Å². The van der Waals surface area contributed by atoms with Gasteiger partial charge in [0.15, 0.2) is 0 Å². The predicted molar refractivity (Wildman–Crippen MR) is 88.7 cm³/mol. The Morgan fingerprint density at radius 1 is 0.909 bits per heavy atom. The van der Waals surface area contributed by atoms with Crippen LogP contribution in [0.2, 0.25) is 0 Å². The fourth-order valence-electron chi connectivity index (χ4n) is 3.13. The molecule has 5 aromatic rings. The fourth-order valence-corrected chi connectivity index (χ4v) is 3.13. The van der Waals surface area contributed by atoms with Crippen molar-refractivity contribution in [3.63, 3.8) is 0 Å². The highest BCUT2D eigenvalue weighted by Crippen LogP contribution is 2.34. The first-order valence-electron chi connectivity index (χ1n) is 7.19. The summed E-state index contributed by atoms with van der Waals surface area (Å²) in [5.41, 5.74) is 6.43. The Kier molecular flexibility index (Phi) is 2.19. The Morgan fingerprint density at radius 2 is 1.82 bits per heavy atom. The molecule has 0 aliphatic heterocycles. The number of pyridine rings is 2. The van der Waals surface area contributed by atoms with Gasteiger partial charge in [-0.15, -0.1) is 0 Å². The van der Waals surface area contributed by atoms with E-state index in [1.165, 1.54) is 5.56 Å². The number of aromatic amines is 2. The van der Waals surface area contributed by atoms with Gasteiger partial charge in [-0.1, -0.05) is 30.3 Å². The van der Waals surface area contributed by atoms with E-state index in [9.17, 15) is 0 Å². The van der Waals surface area contributed by atoms with Crippen LogP contribution in [0.5, 0.6) is 0 Å². The van der Waals surface area contributed by atoms with Crippen molar-refractivity contribution >= 4 is 32.8 Å². The third-order valence-electron chi connectivity index (χ3n) is 4.14. The molecule has 4 aromatic heterocycles. The van der Waals surface area contributed by atoms with Gasteiger partial charge in [-0.2, -0.15) is 0 Å². The Balaban J connectivity index is 1.93. The van der Waals surface area contributed by atoms with Gasteiger partial charge in [0.1, 0.15) is 0 Å². The van der Waals surface area contributed by atoms with Crippen molar-refractivity contribution in [2.75, 3.05) is 0 Å². The van der Waals surface area contributed by atoms with E-state index < -0.39 is 0 Å². The molecule has 2 N–H and O–H groups in total. The number of H-pyrrole nitrogens is 2. The molecule has 4 nitrogen and oxygen atoms in total. The molecule has 0 bridgehead atoms. The van der Waals surface area contributed by atoms with Crippen LogP contribution in [0.4, 0.5) is 0 Å². The lowest BCUT2D eigenvalue weighted by Gasteiger charge is -1.99. The molecule has 4 heteroatoms. The monoisotopic (exact) mass is 284 g/mol. The summed E-state index contributed by atoms with van der Waals surface area (Å²) in [6.45, 7) is 0. The first-order valence-corrected chi connectivity index (χ1v) is 7.19. The minimum atomic E-state index is 0.989. The number of hydrogen-bond donors (Lipinski definition) is 2. The quantitative estimate of drug-likeness (QED) is 0.483. The van der Waals surface area contributed by atoms with Crippen molar-refractivity contribution in [1.82, 2.24) is 19.9 Å². The summed E-state index contributed by atoms with van der Waals surface area (Å²) in [4.78, 5) is 15.7. The molecule has 0 saturated heterocycles. The van der Waals surface area contributed by atoms with Crippen LogP contribution in [-0.2, 0) is 0 Å². The van der Waals surface area contributed by atoms with Crippen LogP contribution in [0.1, 0.15) is 0 Å². The van der Waals surface area contributed by atoms with Gasteiger partial charge in [0, 0.05) is 40.4 Å². The number of fused-ring (bicyclic) bond motifs is 5. The van der Waals surface area contributed by atoms with E-state index in [2.05, 4.69) is 32.1 Å². The van der Waals surface area contributed by atoms with Gasteiger partial charge in [-0.25, -0.2) is 0 Å². The lowest BCUT2D eigenvalue weighted by atomic mass is 10.1. The normalized spacial score (nSPS) is 11.6. The minimum absolute atomic E-state index is 0.989. The van der Waals surface area contributed by atoms with Crippen molar-refractivity contribution in [2.24, 2.45) is 0 Å². The van der Waals surface area contributed by atoms with Crippen LogP contribution in [-0.4, -0.2) is 19.9 Å². The zero-order valence-electron chi connectivity index (χ0n) is 11.7. The molecule has 0 saturated carbocycles. The molecule has 0 atom stereocenters. The molecule has 104 valence electrons. The Hall–Kier alpha value is -3.14. The maximum atomic E-state index is 4.66. The van der Waals surface area contributed by atoms with Gasteiger partial charge >= 0.3 is 0 Å². The van der Waals surface area contributed by atoms with Crippen LogP contribution >= 0.6 is 0 Å². The molecule has 0 radical (unpaired) electrons. The molecule has 22 heavy (non-hydrogen) atoms. The Bertz CT molecular complexity index is 1120. The first-order chi connectivity index (χ1) is 10.9. The van der Waals surface area contributed by atoms with E-state index >= 15 is 0 Å². The average Bonchev–Trinajstić information content (AvgIpc) is 3.16. The van der Waals surface area contributed by atoms with E-state index in [1.54, 1.807) is 6.20 Å². The van der Waals surface area contributed by atoms with Crippen molar-refractivity contribution in [3.8, 4) is 11.1 Å². The van der Waals surface area contributed by atoms with Gasteiger partial charge in [0.05, 0.1) is 22.7 Å². The summed E-state index contributed by atoms with van der Waals surface area (Å²) in [5, 5.41) is 2.27. The number of aromatic nitrogens is 4. The highest BCUT2D eigenvalue weighted by atomic mass is 14.8. The average molecular weight is 284 g/mol. The molecule has 0 unspecified atom stereocenters. The van der Waals surface area contributed by atoms with Gasteiger partial charge in [0.2, 0.25) is 0 Å². The minimum Gasteiger partial charge on any atom is -0.359 e. The summed E-state index contributed by atoms with van der Waals surface area (Å²) >= 11 is 0. The summed E-state index contributed by atoms with van der Waals surface area (Å²) < 4.78 is 0. The SMILES string of the molecule is c1ccc(-c2c[nH]c3c2ncc2[nH]c4ccncc4c23)cc1. The Morgan fingerprint density at radius 3 is 2.73 bits per heavy atom. The Labute approximate surface area is 125 Å². The molecule has 0 aliphatic carbocycles. The van der Waals surface area contributed by atoms with E-state index in [1.807, 2.05) is 42.9 Å². The summed E-state index contributed by atoms with van der Waals surface area (Å²) in [5.74, 6) is 0. The van der Waals surface area contributed by atoms with Gasteiger partial charge in [0.25, 0.3) is 0 Å². The van der Waals surface area contributed by atoms with Crippen molar-refractivity contribution in [3.05, 3.63) is 61.2 Å². The lowest BCUT2D eigenvalue weighted by Crippen LogP contribution is -1.80. The molecule has 0 amide bonds. The molecule has 0 fully saturated rings. The van der Waals surface area contributed by atoms with E-state index in [0.29, 0.717) is 0 Å². The van der Waals surface area contributed by atoms with Crippen LogP contribution < -0.4 is 0 Å². The van der Waals surface area contributed by atoms with Crippen LogP contribution in [0, 0.1) is 0 Å². The second-order valence-electron chi connectivity index (χ2n) is 5.39. The summed E-state index contributed by atoms with van der Waals surface area (Å²) in [7, 11) is 0. The topological polar surface area (TPSA) is 57.4 Å². The fraction of sp³-hybridized carbons (Fsp3) is 0. The molecule has 0 aliphatic rings. The van der Waals surface area contributed by atoms with Gasteiger partial charge in [-0.05, 0) is 11.6 Å². The zero-order chi connectivity index (χ0) is 14.5. The molecule has 4 heterocycles. The number of hydrogen-bond acceptors (Lipinski definition) is 2. The molecule has 0 spiro atoms. The van der Waals surface area contributed by atoms with Gasteiger partial charge < -0.3 is 9.97 Å². The predicted octanol–water partition coefficient (Wildman–Crippen LogP) is 4.26. The summed E-state index contributed by atoms with van der Waals surface area (Å²) in [6.07, 6.45) is 7.63. The van der Waals surface area contributed by atoms with Crippen molar-refractivity contribution < 1.29 is 0 Å². The third-order valence-corrected chi connectivity index (χ3v) is 4.14. The van der Waals surface area contributed by atoms with E-state index in [-0.39, 0.29) is 0 Å². The van der Waals surface area contributed by atoms with Crippen molar-refractivity contribution in [2.45, 2.75) is 0 Å². The van der Waals surface area contributed by atoms with E-state index in [0.717, 1.165) is 38.4 Å². The smallest absolute Gasteiger partial charge is 0.0965 e. The molecular weight excluding hydrogens is 272 g/mol. The van der Waals surface area contributed by atoms with Crippen LogP contribution in [0.3, 0.4) is 0 Å². The molecular formula is C18H12N4. The zero-order valence-corrected chi connectivity index (χ0v) is 11.7. The number of benzene rings is 1. The maximum Gasteiger partial charge on any atom is 0.0965 e. The maximum absolute atomic E-state index is 4.66. The molecule has 1 aromatic carbocycles. The highest BCUT2D eigenvalue weighted by Gasteiger charge is 2.13. The summed E-state index contributed by atoms with van der Waals surface area (Å²) in [6, 6.07) is 12.3. The number of nitrogens with one attached hydrogen (secondary N) is 2. The first kappa shape index (κ1) is 11.5. The lowest BCUT2D eigenvalue weighted by molar-refractivity contribution is 1.36. The number of nitrogens with zero attached hydrogens (tertiary/aromatic N) is 2. The van der Waals surface area contributed by atoms with E-state index in [4.69, 9.17) is 0 Å². The van der Waals surface area contributed by atoms with Gasteiger partial charge in [-0.3, -0.25) is 9.97 Å². The van der Waals surface area contributed by atoms with Crippen molar-refractivity contribution in [1.29, 1.82) is 0 Å². The highest BCUT2D eigenvalue weighted by molar-refractivity contribution is 6.19. The largest absolute Gasteiger partial charge is 0.359 e. The van der Waals surface area contributed by atoms with Crippen LogP contribution in [0.25, 0.3) is 44.0 Å². The second-order valence-corrected chi connectivity index (χ2v) is 5.39. The second kappa shape index (κ2) is 4.18. The standard InChI is InChI=1S/C18H12N4/c1-2-4-11(5-3-1)12-9-20-18-16-13-8-19-7-6-14(13)22-15(16)10-21-17(12)18/h1-10,20,22H.